The van der Waals surface area contributed by atoms with Crippen molar-refractivity contribution in [3.63, 3.8) is 0 Å². The van der Waals surface area contributed by atoms with Gasteiger partial charge in [-0.05, 0) is 30.7 Å². The van der Waals surface area contributed by atoms with Crippen LogP contribution in [0.2, 0.25) is 0 Å². The Balaban J connectivity index is 1.38. The first kappa shape index (κ1) is 25.3. The zero-order valence-corrected chi connectivity index (χ0v) is 20.5. The monoisotopic (exact) mass is 514 g/mol. The Labute approximate surface area is 212 Å². The van der Waals surface area contributed by atoms with Crippen molar-refractivity contribution in [2.45, 2.75) is 56.9 Å². The van der Waals surface area contributed by atoms with Gasteiger partial charge in [-0.3, -0.25) is 14.7 Å². The molecular weight excluding hydrogens is 485 g/mol. The van der Waals surface area contributed by atoms with E-state index in [1.807, 2.05) is 6.07 Å². The zero-order valence-electron chi connectivity index (χ0n) is 20.5. The van der Waals surface area contributed by atoms with Crippen LogP contribution < -0.4 is 10.2 Å². The Bertz CT molecular complexity index is 1200. The van der Waals surface area contributed by atoms with Crippen molar-refractivity contribution in [1.82, 2.24) is 25.4 Å². The topological polar surface area (TPSA) is 87.4 Å². The number of alkyl halides is 3. The van der Waals surface area contributed by atoms with Crippen LogP contribution in [0.1, 0.15) is 44.2 Å². The second-order valence-electron chi connectivity index (χ2n) is 9.52. The molecule has 2 aliphatic heterocycles. The number of carbonyl (C=O) groups is 1. The van der Waals surface area contributed by atoms with Gasteiger partial charge in [-0.2, -0.15) is 8.78 Å². The maximum Gasteiger partial charge on any atom is 0.314 e. The van der Waals surface area contributed by atoms with Crippen LogP contribution in [0.4, 0.5) is 18.9 Å². The molecular formula is C26H29F3N6O2. The number of anilines is 1. The van der Waals surface area contributed by atoms with Crippen LogP contribution in [0.5, 0.6) is 0 Å². The summed E-state index contributed by atoms with van der Waals surface area (Å²) < 4.78 is 47.0. The number of rotatable bonds is 10. The average Bonchev–Trinajstić information content (AvgIpc) is 3.37. The number of nitrogens with zero attached hydrogens (tertiary/aromatic N) is 5. The first-order valence-corrected chi connectivity index (χ1v) is 12.5. The first-order valence-electron chi connectivity index (χ1n) is 12.5. The van der Waals surface area contributed by atoms with Crippen molar-refractivity contribution in [2.24, 2.45) is 0 Å². The molecule has 0 saturated carbocycles. The number of aromatic nitrogens is 3. The SMILES string of the molecule is CCCCC1N(C2CNC2)CC1(F)C(=O)N(Cc1ccc(-c2nnc(C(F)F)o2)cn1)c1ccccc1. The molecule has 0 radical (unpaired) electrons. The van der Waals surface area contributed by atoms with Gasteiger partial charge in [-0.25, -0.2) is 4.39 Å². The molecule has 5 rings (SSSR count). The molecule has 2 atom stereocenters. The number of nitrogens with one attached hydrogen (secondary N) is 1. The minimum Gasteiger partial charge on any atom is -0.415 e. The number of benzene rings is 1. The number of pyridine rings is 1. The van der Waals surface area contributed by atoms with Crippen LogP contribution in [0.3, 0.4) is 0 Å². The number of amides is 1. The third-order valence-corrected chi connectivity index (χ3v) is 7.09. The average molecular weight is 515 g/mol. The van der Waals surface area contributed by atoms with Crippen molar-refractivity contribution in [3.8, 4) is 11.5 Å². The lowest BCUT2D eigenvalue weighted by Crippen LogP contribution is -2.78. The highest BCUT2D eigenvalue weighted by Gasteiger charge is 2.61. The summed E-state index contributed by atoms with van der Waals surface area (Å²) >= 11 is 0. The van der Waals surface area contributed by atoms with Gasteiger partial charge in [-0.15, -0.1) is 10.2 Å². The Hall–Kier alpha value is -3.31. The highest BCUT2D eigenvalue weighted by Crippen LogP contribution is 2.41. The van der Waals surface area contributed by atoms with Crippen molar-refractivity contribution < 1.29 is 22.4 Å². The molecule has 1 N–H and O–H groups in total. The molecule has 2 aliphatic rings. The van der Waals surface area contributed by atoms with Gasteiger partial charge < -0.3 is 14.6 Å². The number of hydrogen-bond acceptors (Lipinski definition) is 7. The molecule has 0 aliphatic carbocycles. The normalized spacial score (nSPS) is 22.0. The fourth-order valence-corrected chi connectivity index (χ4v) is 4.88. The largest absolute Gasteiger partial charge is 0.415 e. The molecule has 2 fully saturated rings. The number of para-hydroxylation sites is 1. The van der Waals surface area contributed by atoms with Gasteiger partial charge in [0.25, 0.3) is 11.8 Å². The molecule has 1 amide bonds. The third kappa shape index (κ3) is 4.97. The third-order valence-electron chi connectivity index (χ3n) is 7.09. The van der Waals surface area contributed by atoms with Gasteiger partial charge >= 0.3 is 6.43 Å². The second kappa shape index (κ2) is 10.6. The van der Waals surface area contributed by atoms with Crippen molar-refractivity contribution in [1.29, 1.82) is 0 Å². The lowest BCUT2D eigenvalue weighted by atomic mass is 9.78. The van der Waals surface area contributed by atoms with Crippen molar-refractivity contribution in [2.75, 3.05) is 24.5 Å². The molecule has 4 heterocycles. The lowest BCUT2D eigenvalue weighted by molar-refractivity contribution is -0.164. The van der Waals surface area contributed by atoms with Crippen LogP contribution in [0.15, 0.2) is 53.1 Å². The fraction of sp³-hybridized carbons (Fsp3) is 0.462. The Kier molecular flexibility index (Phi) is 7.25. The molecule has 0 spiro atoms. The van der Waals surface area contributed by atoms with Gasteiger partial charge in [0, 0.05) is 37.6 Å². The Morgan fingerprint density at radius 1 is 1.22 bits per heavy atom. The van der Waals surface area contributed by atoms with E-state index >= 15 is 4.39 Å². The highest BCUT2D eigenvalue weighted by molar-refractivity contribution is 6.01. The molecule has 2 saturated heterocycles. The fourth-order valence-electron chi connectivity index (χ4n) is 4.88. The predicted molar refractivity (Wildman–Crippen MR) is 131 cm³/mol. The summed E-state index contributed by atoms with van der Waals surface area (Å²) in [7, 11) is 0. The second-order valence-corrected chi connectivity index (χ2v) is 9.52. The smallest absolute Gasteiger partial charge is 0.314 e. The lowest BCUT2D eigenvalue weighted by Gasteiger charge is -2.57. The molecule has 2 unspecified atom stereocenters. The molecule has 3 aromatic rings. The summed E-state index contributed by atoms with van der Waals surface area (Å²) in [5, 5.41) is 10.2. The number of hydrogen-bond donors (Lipinski definition) is 1. The predicted octanol–water partition coefficient (Wildman–Crippen LogP) is 4.16. The van der Waals surface area contributed by atoms with E-state index in [1.165, 1.54) is 11.1 Å². The molecule has 37 heavy (non-hydrogen) atoms. The van der Waals surface area contributed by atoms with Gasteiger partial charge in [-0.1, -0.05) is 38.0 Å². The van der Waals surface area contributed by atoms with Gasteiger partial charge in [0.05, 0.1) is 23.8 Å². The summed E-state index contributed by atoms with van der Waals surface area (Å²) in [5.74, 6) is -1.42. The standard InChI is InChI=1S/C26H29F3N6O2/c1-2-3-9-21-26(29,16-35(21)20-13-30-14-20)25(36)34(19-7-5-4-6-8-19)15-18-11-10-17(12-31-18)23-32-33-24(37-23)22(27)28/h4-8,10-12,20-22,30H,2-3,9,13-16H2,1H3. The van der Waals surface area contributed by atoms with E-state index in [9.17, 15) is 13.6 Å². The van der Waals surface area contributed by atoms with E-state index in [0.717, 1.165) is 25.9 Å². The number of likely N-dealkylation sites (tertiary alicyclic amines) is 1. The number of halogens is 3. The van der Waals surface area contributed by atoms with E-state index in [1.54, 1.807) is 36.4 Å². The molecule has 0 bridgehead atoms. The van der Waals surface area contributed by atoms with Crippen molar-refractivity contribution >= 4 is 11.6 Å². The molecule has 11 heteroatoms. The highest BCUT2D eigenvalue weighted by atomic mass is 19.3. The van der Waals surface area contributed by atoms with E-state index < -0.39 is 29.9 Å². The number of unbranched alkanes of at least 4 members (excludes halogenated alkanes) is 1. The number of carbonyl (C=O) groups excluding carboxylic acids is 1. The van der Waals surface area contributed by atoms with Crippen LogP contribution >= 0.6 is 0 Å². The Morgan fingerprint density at radius 2 is 2.00 bits per heavy atom. The van der Waals surface area contributed by atoms with Crippen LogP contribution in [-0.4, -0.2) is 63.4 Å². The van der Waals surface area contributed by atoms with Gasteiger partial charge in [0.2, 0.25) is 11.6 Å². The zero-order chi connectivity index (χ0) is 26.0. The van der Waals surface area contributed by atoms with E-state index in [0.29, 0.717) is 23.4 Å². The minimum absolute atomic E-state index is 0.0480. The summed E-state index contributed by atoms with van der Waals surface area (Å²) in [6.07, 6.45) is 0.939. The maximum absolute atomic E-state index is 16.5. The van der Waals surface area contributed by atoms with Crippen molar-refractivity contribution in [3.05, 3.63) is 60.2 Å². The molecule has 2 aromatic heterocycles. The first-order chi connectivity index (χ1) is 17.9. The summed E-state index contributed by atoms with van der Waals surface area (Å²) in [5.41, 5.74) is -0.545. The minimum atomic E-state index is -2.86. The van der Waals surface area contributed by atoms with E-state index in [2.05, 4.69) is 32.3 Å². The molecule has 8 nitrogen and oxygen atoms in total. The van der Waals surface area contributed by atoms with E-state index in [4.69, 9.17) is 4.42 Å². The van der Waals surface area contributed by atoms with Gasteiger partial charge in [0.1, 0.15) is 0 Å². The Morgan fingerprint density at radius 3 is 2.59 bits per heavy atom. The molecule has 1 aromatic carbocycles. The summed E-state index contributed by atoms with van der Waals surface area (Å²) in [4.78, 5) is 21.8. The van der Waals surface area contributed by atoms with Crippen LogP contribution in [0, 0.1) is 0 Å². The van der Waals surface area contributed by atoms with Crippen LogP contribution in [-0.2, 0) is 11.3 Å². The van der Waals surface area contributed by atoms with E-state index in [-0.39, 0.29) is 25.0 Å². The van der Waals surface area contributed by atoms with Gasteiger partial charge in [0.15, 0.2) is 0 Å². The summed E-state index contributed by atoms with van der Waals surface area (Å²) in [6, 6.07) is 12.0. The van der Waals surface area contributed by atoms with Crippen LogP contribution in [0.25, 0.3) is 11.5 Å². The molecule has 196 valence electrons. The maximum atomic E-state index is 16.5. The summed E-state index contributed by atoms with van der Waals surface area (Å²) in [6.45, 7) is 3.80. The quantitative estimate of drug-likeness (QED) is 0.435.